The number of aromatic nitrogens is 2. The van der Waals surface area contributed by atoms with Gasteiger partial charge in [-0.05, 0) is 56.3 Å². The first kappa shape index (κ1) is 22.6. The fourth-order valence-corrected chi connectivity index (χ4v) is 4.75. The molecule has 2 aromatic heterocycles. The largest absolute Gasteiger partial charge is 0.493 e. The molecule has 5 rings (SSSR count). The number of hydrogen-bond donors (Lipinski definition) is 1. The number of carbonyl (C=O) groups is 1. The van der Waals surface area contributed by atoms with Gasteiger partial charge in [0.2, 0.25) is 0 Å². The van der Waals surface area contributed by atoms with Crippen molar-refractivity contribution >= 4 is 33.1 Å². The lowest BCUT2D eigenvalue weighted by atomic mass is 10.1. The molecule has 0 aliphatic carbocycles. The summed E-state index contributed by atoms with van der Waals surface area (Å²) < 4.78 is 17.7. The van der Waals surface area contributed by atoms with Crippen molar-refractivity contribution in [2.24, 2.45) is 0 Å². The van der Waals surface area contributed by atoms with Crippen LogP contribution >= 0.6 is 11.3 Å². The smallest absolute Gasteiger partial charge is 0.255 e. The number of rotatable bonds is 7. The van der Waals surface area contributed by atoms with E-state index in [4.69, 9.17) is 19.0 Å². The lowest BCUT2D eigenvalue weighted by Gasteiger charge is -2.13. The Balaban J connectivity index is 1.37. The van der Waals surface area contributed by atoms with Crippen LogP contribution in [0.3, 0.4) is 0 Å². The number of fused-ring (bicyclic) bond motifs is 1. The van der Waals surface area contributed by atoms with Crippen LogP contribution in [0.4, 0.5) is 5.69 Å². The summed E-state index contributed by atoms with van der Waals surface area (Å²) in [7, 11) is 1.54. The second-order valence-corrected chi connectivity index (χ2v) is 8.97. The molecule has 0 fully saturated rings. The molecule has 0 bridgehead atoms. The quantitative estimate of drug-likeness (QED) is 0.287. The maximum atomic E-state index is 13.1. The maximum absolute atomic E-state index is 13.1. The first-order chi connectivity index (χ1) is 17.0. The minimum absolute atomic E-state index is 0.255. The van der Waals surface area contributed by atoms with Crippen LogP contribution in [0.5, 0.6) is 11.5 Å². The molecule has 1 amide bonds. The molecule has 5 aromatic rings. The zero-order valence-corrected chi connectivity index (χ0v) is 20.3. The molecule has 35 heavy (non-hydrogen) atoms. The third-order valence-electron chi connectivity index (χ3n) is 5.68. The third kappa shape index (κ3) is 4.61. The number of hydrogen-bond acceptors (Lipinski definition) is 7. The molecular weight excluding hydrogens is 462 g/mol. The van der Waals surface area contributed by atoms with E-state index in [0.29, 0.717) is 35.1 Å². The predicted molar refractivity (Wildman–Crippen MR) is 136 cm³/mol. The fourth-order valence-electron chi connectivity index (χ4n) is 3.75. The van der Waals surface area contributed by atoms with Crippen LogP contribution in [0.1, 0.15) is 27.4 Å². The van der Waals surface area contributed by atoms with Crippen molar-refractivity contribution in [1.29, 1.82) is 0 Å². The first-order valence-corrected chi connectivity index (χ1v) is 11.8. The molecule has 0 saturated carbocycles. The van der Waals surface area contributed by atoms with E-state index in [1.54, 1.807) is 36.6 Å². The van der Waals surface area contributed by atoms with Crippen LogP contribution in [-0.2, 0) is 6.61 Å². The van der Waals surface area contributed by atoms with Gasteiger partial charge in [0.1, 0.15) is 17.4 Å². The molecule has 7 nitrogen and oxygen atoms in total. The maximum Gasteiger partial charge on any atom is 0.255 e. The summed E-state index contributed by atoms with van der Waals surface area (Å²) in [5.41, 5.74) is 4.61. The number of nitrogens with zero attached hydrogens (tertiary/aromatic N) is 2. The molecule has 8 heteroatoms. The Morgan fingerprint density at radius 2 is 1.83 bits per heavy atom. The second-order valence-electron chi connectivity index (χ2n) is 7.94. The summed E-state index contributed by atoms with van der Waals surface area (Å²) in [6, 6.07) is 20.7. The van der Waals surface area contributed by atoms with Gasteiger partial charge in [0.25, 0.3) is 5.91 Å². The van der Waals surface area contributed by atoms with Gasteiger partial charge in [-0.3, -0.25) is 4.79 Å². The average molecular weight is 486 g/mol. The van der Waals surface area contributed by atoms with E-state index < -0.39 is 0 Å². The summed E-state index contributed by atoms with van der Waals surface area (Å²) >= 11 is 1.59. The number of ether oxygens (including phenoxy) is 2. The van der Waals surface area contributed by atoms with E-state index in [9.17, 15) is 4.79 Å². The lowest BCUT2D eigenvalue weighted by Crippen LogP contribution is -2.13. The Morgan fingerprint density at radius 3 is 2.60 bits per heavy atom. The molecule has 176 valence electrons. The molecule has 0 unspecified atom stereocenters. The van der Waals surface area contributed by atoms with Crippen LogP contribution in [0.2, 0.25) is 0 Å². The summed E-state index contributed by atoms with van der Waals surface area (Å²) in [6.45, 7) is 4.00. The van der Waals surface area contributed by atoms with Gasteiger partial charge in [-0.25, -0.2) is 4.98 Å². The van der Waals surface area contributed by atoms with Gasteiger partial charge in [0, 0.05) is 11.1 Å². The molecule has 0 aliphatic heterocycles. The molecule has 0 saturated heterocycles. The van der Waals surface area contributed by atoms with Crippen molar-refractivity contribution in [3.63, 3.8) is 0 Å². The zero-order valence-electron chi connectivity index (χ0n) is 19.5. The van der Waals surface area contributed by atoms with Gasteiger partial charge in [-0.1, -0.05) is 29.4 Å². The third-order valence-corrected chi connectivity index (χ3v) is 6.75. The molecule has 0 atom stereocenters. The van der Waals surface area contributed by atoms with Gasteiger partial charge in [-0.15, -0.1) is 11.3 Å². The van der Waals surface area contributed by atoms with E-state index in [0.717, 1.165) is 32.0 Å². The topological polar surface area (TPSA) is 86.5 Å². The van der Waals surface area contributed by atoms with E-state index in [1.807, 2.05) is 62.4 Å². The fraction of sp³-hybridized carbons (Fsp3) is 0.148. The van der Waals surface area contributed by atoms with Crippen molar-refractivity contribution in [1.82, 2.24) is 10.1 Å². The Labute approximate surface area is 206 Å². The zero-order chi connectivity index (χ0) is 24.4. The SMILES string of the molecule is COc1cc(C(=O)Nc2ccccc2-c2nc3ccccc3s2)ccc1OCc1c(C)noc1C. The standard InChI is InChI=1S/C27H23N3O4S/c1-16-20(17(2)34-30-16)15-33-23-13-12-18(14-24(23)32-3)26(31)28-21-9-5-4-8-19(21)27-29-22-10-6-7-11-25(22)35-27/h4-14H,15H2,1-3H3,(H,28,31). The number of methoxy groups -OCH3 is 1. The Bertz CT molecular complexity index is 1470. The monoisotopic (exact) mass is 485 g/mol. The Hall–Kier alpha value is -4.17. The van der Waals surface area contributed by atoms with Gasteiger partial charge in [0.05, 0.1) is 34.3 Å². The van der Waals surface area contributed by atoms with E-state index in [1.165, 1.54) is 0 Å². The first-order valence-electron chi connectivity index (χ1n) is 11.0. The number of para-hydroxylation sites is 2. The predicted octanol–water partition coefficient (Wildman–Crippen LogP) is 6.41. The second kappa shape index (κ2) is 9.60. The highest BCUT2D eigenvalue weighted by atomic mass is 32.1. The normalized spacial score (nSPS) is 10.9. The highest BCUT2D eigenvalue weighted by molar-refractivity contribution is 7.21. The molecule has 3 aromatic carbocycles. The van der Waals surface area contributed by atoms with Crippen LogP contribution < -0.4 is 14.8 Å². The number of amides is 1. The van der Waals surface area contributed by atoms with E-state index in [-0.39, 0.29) is 5.91 Å². The summed E-state index contributed by atoms with van der Waals surface area (Å²) in [6.07, 6.45) is 0. The van der Waals surface area contributed by atoms with Gasteiger partial charge in [0.15, 0.2) is 11.5 Å². The number of anilines is 1. The highest BCUT2D eigenvalue weighted by Crippen LogP contribution is 2.35. The Morgan fingerprint density at radius 1 is 1.03 bits per heavy atom. The average Bonchev–Trinajstić information content (AvgIpc) is 3.45. The van der Waals surface area contributed by atoms with Gasteiger partial charge >= 0.3 is 0 Å². The number of benzene rings is 3. The summed E-state index contributed by atoms with van der Waals surface area (Å²) in [5, 5.41) is 7.82. The van der Waals surface area contributed by atoms with Gasteiger partial charge < -0.3 is 19.3 Å². The number of thiazole rings is 1. The van der Waals surface area contributed by atoms with Crippen molar-refractivity contribution in [2.75, 3.05) is 12.4 Å². The van der Waals surface area contributed by atoms with Gasteiger partial charge in [-0.2, -0.15) is 0 Å². The van der Waals surface area contributed by atoms with Crippen molar-refractivity contribution in [3.05, 3.63) is 89.3 Å². The molecule has 1 N–H and O–H groups in total. The minimum atomic E-state index is -0.255. The van der Waals surface area contributed by atoms with Crippen molar-refractivity contribution in [2.45, 2.75) is 20.5 Å². The Kier molecular flexibility index (Phi) is 6.20. The lowest BCUT2D eigenvalue weighted by molar-refractivity contribution is 0.102. The number of carbonyl (C=O) groups excluding carboxylic acids is 1. The summed E-state index contributed by atoms with van der Waals surface area (Å²) in [4.78, 5) is 17.9. The van der Waals surface area contributed by atoms with Crippen LogP contribution in [-0.4, -0.2) is 23.2 Å². The van der Waals surface area contributed by atoms with Crippen molar-refractivity contribution < 1.29 is 18.8 Å². The van der Waals surface area contributed by atoms with Crippen molar-refractivity contribution in [3.8, 4) is 22.1 Å². The van der Waals surface area contributed by atoms with E-state index in [2.05, 4.69) is 10.5 Å². The van der Waals surface area contributed by atoms with Crippen LogP contribution in [0.25, 0.3) is 20.8 Å². The molecule has 0 radical (unpaired) electrons. The highest BCUT2D eigenvalue weighted by Gasteiger charge is 2.16. The molecule has 2 heterocycles. The number of nitrogens with one attached hydrogen (secondary N) is 1. The molecular formula is C27H23N3O4S. The van der Waals surface area contributed by atoms with Crippen LogP contribution in [0, 0.1) is 13.8 Å². The van der Waals surface area contributed by atoms with E-state index >= 15 is 0 Å². The number of aryl methyl sites for hydroxylation is 2. The molecule has 0 aliphatic rings. The minimum Gasteiger partial charge on any atom is -0.493 e. The van der Waals surface area contributed by atoms with Crippen LogP contribution in [0.15, 0.2) is 71.3 Å². The molecule has 0 spiro atoms. The summed E-state index contributed by atoms with van der Waals surface area (Å²) in [5.74, 6) is 1.45.